The Bertz CT molecular complexity index is 6400. The van der Waals surface area contributed by atoms with Gasteiger partial charge in [-0.1, -0.05) is 181 Å². The van der Waals surface area contributed by atoms with E-state index in [1.54, 1.807) is 49.3 Å². The van der Waals surface area contributed by atoms with Crippen LogP contribution in [0.25, 0.3) is 22.1 Å². The second kappa shape index (κ2) is 52.9. The summed E-state index contributed by atoms with van der Waals surface area (Å²) < 4.78 is 117. The minimum Gasteiger partial charge on any atom is -0.480 e. The number of carboxylic acids is 1. The molecule has 150 heavy (non-hydrogen) atoms. The van der Waals surface area contributed by atoms with Crippen LogP contribution >= 0.6 is 23.5 Å². The number of phosphoric ester groups is 3. The number of nitrogens with zero attached hydrogens (tertiary/aromatic N) is 13. The van der Waals surface area contributed by atoms with Crippen LogP contribution in [0.3, 0.4) is 0 Å². The van der Waals surface area contributed by atoms with Crippen molar-refractivity contribution in [3.63, 3.8) is 0 Å². The Morgan fingerprint density at radius 2 is 1.05 bits per heavy atom. The molecule has 50 nitrogen and oxygen atoms in total. The molecule has 0 saturated carbocycles. The fourth-order valence-corrected chi connectivity index (χ4v) is 22.1. The van der Waals surface area contributed by atoms with Crippen LogP contribution < -0.4 is 33.8 Å². The number of aliphatic hydroxyl groups is 1. The quantitative estimate of drug-likeness (QED) is 0.0401. The number of fused-ring (bicyclic) bond motifs is 30. The number of hydrogen-bond donors (Lipinski definition) is 10. The summed E-state index contributed by atoms with van der Waals surface area (Å²) in [6, 6.07) is 7.48. The number of urea groups is 1. The molecule has 0 aliphatic carbocycles. The van der Waals surface area contributed by atoms with Gasteiger partial charge in [-0.3, -0.25) is 84.8 Å². The summed E-state index contributed by atoms with van der Waals surface area (Å²) in [4.78, 5) is 218. The average Bonchev–Trinajstić information content (AvgIpc) is 1.61. The molecule has 19 atom stereocenters. The smallest absolute Gasteiger partial charge is 0.480 e. The number of likely N-dealkylation sites (N-methyl/N-ethyl adjacent to an activating group) is 1. The Morgan fingerprint density at radius 3 is 1.65 bits per heavy atom. The maximum atomic E-state index is 16.9. The molecule has 5 aromatic heterocycles. The molecule has 9 aliphatic rings. The van der Waals surface area contributed by atoms with Crippen LogP contribution in [0, 0.1) is 71.0 Å². The van der Waals surface area contributed by atoms with E-state index in [2.05, 4.69) is 77.6 Å². The molecule has 7 amide bonds. The number of aromatic amines is 1. The number of aliphatic hydroxyl groups excluding tert-OH is 1. The number of ether oxygens (including phenoxy) is 5. The number of carbonyl (C=O) groups is 7. The number of carbonyl (C=O) groups excluding carboxylic acids is 6. The van der Waals surface area contributed by atoms with Crippen LogP contribution in [0.5, 0.6) is 0 Å². The van der Waals surface area contributed by atoms with Gasteiger partial charge in [-0.2, -0.15) is 24.7 Å². The lowest BCUT2D eigenvalue weighted by molar-refractivity contribution is -0.525. The van der Waals surface area contributed by atoms with E-state index in [-0.39, 0.29) is 109 Å². The van der Waals surface area contributed by atoms with Gasteiger partial charge >= 0.3 is 47.1 Å². The fourth-order valence-electron chi connectivity index (χ4n) is 19.2. The van der Waals surface area contributed by atoms with E-state index >= 15 is 28.3 Å². The van der Waals surface area contributed by atoms with Crippen LogP contribution in [0.15, 0.2) is 64.8 Å². The third kappa shape index (κ3) is 30.5. The van der Waals surface area contributed by atoms with Crippen molar-refractivity contribution >= 4 is 111 Å². The lowest BCUT2D eigenvalue weighted by Gasteiger charge is -2.33. The zero-order valence-corrected chi connectivity index (χ0v) is 86.1. The largest absolute Gasteiger partial charge is 0.500 e. The maximum Gasteiger partial charge on any atom is 0.500 e. The van der Waals surface area contributed by atoms with Crippen molar-refractivity contribution < 1.29 is 147 Å². The first-order valence-corrected chi connectivity index (χ1v) is 54.9. The molecule has 9 aliphatic heterocycles. The number of carboxylic acid groups (broad SMARTS) is 1. The summed E-state index contributed by atoms with van der Waals surface area (Å²) in [7, 11) is -13.3. The number of aromatic nitrogens is 8. The van der Waals surface area contributed by atoms with Crippen molar-refractivity contribution in [1.82, 2.24) is 69.1 Å². The van der Waals surface area contributed by atoms with Gasteiger partial charge in [-0.15, -0.1) is 0 Å². The van der Waals surface area contributed by atoms with Gasteiger partial charge in [0.1, 0.15) is 124 Å². The van der Waals surface area contributed by atoms with Gasteiger partial charge in [0.05, 0.1) is 73.1 Å². The number of nitrogens with two attached hydrogens (primary N) is 3. The van der Waals surface area contributed by atoms with E-state index in [0.29, 0.717) is 49.2 Å². The molecule has 53 heteroatoms. The van der Waals surface area contributed by atoms with Crippen molar-refractivity contribution in [2.45, 2.75) is 254 Å². The minimum absolute atomic E-state index is 0.0174. The predicted molar refractivity (Wildman–Crippen MR) is 529 cm³/mol. The third-order valence-corrected chi connectivity index (χ3v) is 30.0. The van der Waals surface area contributed by atoms with Gasteiger partial charge in [-0.05, 0) is 58.2 Å². The van der Waals surface area contributed by atoms with E-state index in [1.165, 1.54) is 21.5 Å². The van der Waals surface area contributed by atoms with Crippen molar-refractivity contribution in [2.24, 2.45) is 23.7 Å². The summed E-state index contributed by atoms with van der Waals surface area (Å²) in [5, 5.41) is 28.2. The van der Waals surface area contributed by atoms with Crippen molar-refractivity contribution in [1.29, 1.82) is 0 Å². The normalized spacial score (nSPS) is 30.2. The molecule has 11 unspecified atom stereocenters. The Hall–Kier alpha value is -11.2. The molecule has 22 bridgehead atoms. The van der Waals surface area contributed by atoms with Crippen LogP contribution in [-0.4, -0.2) is 296 Å². The summed E-state index contributed by atoms with van der Waals surface area (Å²) in [5.74, 6) is 10.1. The second-order valence-corrected chi connectivity index (χ2v) is 42.3. The van der Waals surface area contributed by atoms with Crippen LogP contribution in [-0.2, 0) is 119 Å². The number of nitrogens with one attached hydrogen (secondary N) is 2. The SMILES string of the molecule is CCCCN1OCC#CC2C=[N+](C(=O)NC2=O)[C@@H]2CC(O)[C@H](COP(=O)(O)OC3C[C@@H]4O[C@H]3COP(=O)(O)OC3C[C@@H]5O[C@H]3COP(=O)(O)OC3C[C@@H]6O[C@H]3COCCCCCCCCCCCCCCCCCC(CC(CC(CCC1=O)C(=O)N(Cc1ccccc1)OCC#Cc1cn4c(=O)nc1N)C(=O)N(CCN(C)C)OCC#Cc1cn5c3ncnc(N)c13)C(=O)N(CC(=O)O)OCC#Cc1cn6c3nc(N)[nH]c(=O)c13)O2. The molecule has 4 fully saturated rings. The summed E-state index contributed by atoms with van der Waals surface area (Å²) >= 11 is 0. The van der Waals surface area contributed by atoms with Crippen LogP contribution in [0.2, 0.25) is 0 Å². The van der Waals surface area contributed by atoms with Crippen molar-refractivity contribution in [2.75, 3.05) is 117 Å². The van der Waals surface area contributed by atoms with Crippen molar-refractivity contribution in [3.05, 3.63) is 98.3 Å². The van der Waals surface area contributed by atoms with E-state index in [1.807, 2.05) is 6.92 Å². The molecule has 1 aromatic carbocycles. The number of phosphoric acid groups is 3. The number of imide groups is 1. The molecule has 0 radical (unpaired) electrons. The van der Waals surface area contributed by atoms with Gasteiger partial charge in [0.15, 0.2) is 11.6 Å². The molecule has 812 valence electrons. The number of unbranched alkanes of at least 4 members (excludes halogenated alkanes) is 1. The van der Waals surface area contributed by atoms with E-state index in [0.717, 1.165) is 114 Å². The highest BCUT2D eigenvalue weighted by Crippen LogP contribution is 2.55. The van der Waals surface area contributed by atoms with Gasteiger partial charge in [-0.25, -0.2) is 53.5 Å². The van der Waals surface area contributed by atoms with Gasteiger partial charge in [0.2, 0.25) is 35.8 Å². The number of hydrogen-bond acceptors (Lipinski definition) is 36. The molecule has 4 saturated heterocycles. The second-order valence-electron chi connectivity index (χ2n) is 38.1. The summed E-state index contributed by atoms with van der Waals surface area (Å²) in [5.41, 5.74) is 17.8. The number of anilines is 3. The monoisotopic (exact) mass is 2150 g/mol. The Labute approximate surface area is 863 Å². The zero-order valence-electron chi connectivity index (χ0n) is 83.4. The number of rotatable bonds is 10. The molecular weight excluding hydrogens is 2020 g/mol. The molecule has 6 aromatic rings. The number of nitrogen functional groups attached to an aromatic ring is 3. The number of aliphatic carboxylic acids is 1. The van der Waals surface area contributed by atoms with E-state index in [4.69, 9.17) is 87.4 Å². The minimum atomic E-state index is -5.70. The van der Waals surface area contributed by atoms with Crippen LogP contribution in [0.4, 0.5) is 22.4 Å². The predicted octanol–water partition coefficient (Wildman–Crippen LogP) is 6.43. The number of hydroxylamine groups is 8. The highest BCUT2D eigenvalue weighted by atomic mass is 31.2. The first-order chi connectivity index (χ1) is 72.1. The average molecular weight is 2150 g/mol. The first kappa shape index (κ1) is 113. The maximum absolute atomic E-state index is 16.9. The topological polar surface area (TPSA) is 636 Å². The number of benzene rings is 1. The molecule has 0 spiro atoms. The number of amides is 7. The number of H-pyrrole nitrogens is 1. The fraction of sp³-hybridized carbons (Fsp3) is 0.608. The Balaban J connectivity index is 0.920. The molecule has 14 heterocycles. The Morgan fingerprint density at radius 1 is 0.540 bits per heavy atom. The molecule has 13 N–H and O–H groups in total. The van der Waals surface area contributed by atoms with Crippen molar-refractivity contribution in [3.8, 4) is 47.4 Å². The lowest BCUT2D eigenvalue weighted by atomic mass is 9.81. The van der Waals surface area contributed by atoms with E-state index < -0.39 is 271 Å². The summed E-state index contributed by atoms with van der Waals surface area (Å²) in [6.45, 7) is -5.60. The van der Waals surface area contributed by atoms with Crippen LogP contribution in [0.1, 0.15) is 215 Å². The van der Waals surface area contributed by atoms with Gasteiger partial charge in [0, 0.05) is 88.1 Å². The standard InChI is InChI=1S/C97H127N18O32P3/c1-4-5-37-112-78(117)36-35-64-46-69-45-63-30-22-17-15-13-11-9-7-6-8-10-12-14-16-18-23-40-133-57-75-71(48-81(142-75)109-53-66(85-89(109)104-95(100)105-91(85)121)32-25-43-137-115(92(63)122)56-83(118)119)145-149(129,130)139-59-76-72(49-80(143-76)108-52-65(84-87(99)101-61-102-88(84)108)31-24-42-135-113(94(69)124)39-38-107(2)3)146-150(131,132)140-60-77-73(147-148(127,128)138-58-74-70(116)47-79(141-74)111-55-68(34-27-41-134-112)90(120)106-97(111)126)50-82(144-77)110-54-67(86(98)103-96(110)125)33-26-44-136-114(93(64)123)51-62-28-20-19-21-29-62/h19-21,28-29,52-55,61,63-64,68-77,79-82,116H,4-18,22-23,30,35-51,56-60H2,1-3H3,(H11-,98,99,100,101,102,103,104,105,106,118,119,120,121,125,126,127,128,129,130,131,132)/p+1/t63?,64?,68?,69?,70?,71?,72?,73?,74-,75-,76-,77-,79-,80-,81-,82-/m0/s1. The molecular formula is C97H128N18O32P3+. The first-order valence-electron chi connectivity index (χ1n) is 50.5. The summed E-state index contributed by atoms with van der Waals surface area (Å²) in [6.07, 6.45) is -2.64. The van der Waals surface area contributed by atoms with Gasteiger partial charge < -0.3 is 79.8 Å². The Kier molecular flexibility index (Phi) is 39.8. The highest BCUT2D eigenvalue weighted by Gasteiger charge is 2.52. The van der Waals surface area contributed by atoms with E-state index in [9.17, 15) is 53.4 Å². The van der Waals surface area contributed by atoms with Gasteiger partial charge in [0.25, 0.3) is 5.56 Å². The lowest BCUT2D eigenvalue weighted by Crippen LogP contribution is -2.51. The zero-order chi connectivity index (χ0) is 106. The highest BCUT2D eigenvalue weighted by molar-refractivity contribution is 7.48. The molecule has 15 rings (SSSR count). The third-order valence-electron chi connectivity index (χ3n) is 26.9.